The minimum Gasteiger partial charge on any atom is -0.366 e. The summed E-state index contributed by atoms with van der Waals surface area (Å²) in [5.41, 5.74) is 0. The number of ether oxygens (including phenoxy) is 1. The van der Waals surface area contributed by atoms with Crippen molar-refractivity contribution in [1.82, 2.24) is 4.72 Å². The molecule has 0 aromatic carbocycles. The van der Waals surface area contributed by atoms with E-state index in [4.69, 9.17) is 18.4 Å². The minimum absolute atomic E-state index is 0.256. The van der Waals surface area contributed by atoms with Crippen molar-refractivity contribution < 1.29 is 48.7 Å². The second kappa shape index (κ2) is 7.97. The molecular weight excluding hydrogens is 358 g/mol. The van der Waals surface area contributed by atoms with Crippen molar-refractivity contribution in [3.05, 3.63) is 0 Å². The third kappa shape index (κ3) is 7.15. The molecule has 1 fully saturated rings. The fourth-order valence-corrected chi connectivity index (χ4v) is 2.89. The number of aliphatic hydroxyl groups excluding tert-OH is 1. The first kappa shape index (κ1) is 19.0. The molecule has 0 amide bonds. The molecule has 0 bridgehead atoms. The van der Waals surface area contributed by atoms with Crippen LogP contribution in [-0.4, -0.2) is 66.7 Å². The lowest BCUT2D eigenvalue weighted by Crippen LogP contribution is -2.57. The molecule has 0 aromatic heterocycles. The lowest BCUT2D eigenvalue weighted by Gasteiger charge is -2.37. The Morgan fingerprint density at radius 2 is 1.95 bits per heavy atom. The van der Waals surface area contributed by atoms with Crippen LogP contribution in [0.15, 0.2) is 0 Å². The molecule has 15 heteroatoms. The van der Waals surface area contributed by atoms with E-state index in [1.807, 2.05) is 4.72 Å². The van der Waals surface area contributed by atoms with Crippen LogP contribution < -0.4 is 4.72 Å². The third-order valence-electron chi connectivity index (χ3n) is 2.38. The molecule has 1 aliphatic rings. The van der Waals surface area contributed by atoms with Gasteiger partial charge in [0.25, 0.3) is 0 Å². The average molecular weight is 371 g/mol. The van der Waals surface area contributed by atoms with E-state index >= 15 is 0 Å². The summed E-state index contributed by atoms with van der Waals surface area (Å²) in [6, 6.07) is -1.33. The summed E-state index contributed by atoms with van der Waals surface area (Å²) in [5, 5.41) is 9.64. The van der Waals surface area contributed by atoms with Gasteiger partial charge in [0.2, 0.25) is 11.3 Å². The van der Waals surface area contributed by atoms with Crippen LogP contribution >= 0.6 is 0 Å². The number of hydrogen-bond donors (Lipinski definition) is 5. The normalized spacial score (nSPS) is 33.5. The van der Waals surface area contributed by atoms with Gasteiger partial charge in [-0.2, -0.15) is 12.6 Å². The molecule has 0 aliphatic carbocycles. The van der Waals surface area contributed by atoms with Crippen molar-refractivity contribution >= 4 is 33.0 Å². The van der Waals surface area contributed by atoms with Gasteiger partial charge in [0.1, 0.15) is 12.1 Å². The Labute approximate surface area is 124 Å². The first-order valence-electron chi connectivity index (χ1n) is 5.19. The highest BCUT2D eigenvalue weighted by Crippen LogP contribution is 2.23. The minimum atomic E-state index is -4.73. The van der Waals surface area contributed by atoms with E-state index in [9.17, 15) is 21.9 Å². The van der Waals surface area contributed by atoms with Crippen molar-refractivity contribution in [2.75, 3.05) is 6.61 Å². The van der Waals surface area contributed by atoms with Crippen molar-refractivity contribution in [2.24, 2.45) is 0 Å². The topological polar surface area (TPSA) is 189 Å². The van der Waals surface area contributed by atoms with Crippen molar-refractivity contribution in [3.63, 3.8) is 0 Å². The average Bonchev–Trinajstić information content (AvgIpc) is 2.29. The van der Waals surface area contributed by atoms with E-state index in [1.54, 1.807) is 0 Å². The fourth-order valence-electron chi connectivity index (χ4n) is 1.65. The van der Waals surface area contributed by atoms with Gasteiger partial charge in [0.15, 0.2) is 6.29 Å². The number of rotatable bonds is 7. The van der Waals surface area contributed by atoms with Gasteiger partial charge in [-0.25, -0.2) is 13.1 Å². The van der Waals surface area contributed by atoms with Crippen molar-refractivity contribution in [1.29, 1.82) is 0 Å². The maximum atomic E-state index is 10.7. The van der Waals surface area contributed by atoms with Gasteiger partial charge in [0, 0.05) is 6.42 Å². The van der Waals surface area contributed by atoms with Crippen LogP contribution in [0.2, 0.25) is 0 Å². The molecule has 0 spiro atoms. The molecule has 6 atom stereocenters. The maximum absolute atomic E-state index is 10.7. The molecule has 21 heavy (non-hydrogen) atoms. The zero-order valence-corrected chi connectivity index (χ0v) is 12.5. The van der Waals surface area contributed by atoms with Gasteiger partial charge < -0.3 is 9.84 Å². The Bertz CT molecular complexity index is 494. The molecule has 1 rings (SSSR count). The molecule has 0 aromatic rings. The third-order valence-corrected chi connectivity index (χ3v) is 3.70. The molecule has 5 N–H and O–H groups in total. The highest BCUT2D eigenvalue weighted by molar-refractivity contribution is 7.80. The summed E-state index contributed by atoms with van der Waals surface area (Å²) in [6.07, 6.45) is -4.38. The molecule has 12 nitrogen and oxygen atoms in total. The summed E-state index contributed by atoms with van der Waals surface area (Å²) in [5.74, 6) is 0. The van der Waals surface area contributed by atoms with Crippen LogP contribution in [0.4, 0.5) is 0 Å². The summed E-state index contributed by atoms with van der Waals surface area (Å²) < 4.78 is 83.5. The Morgan fingerprint density at radius 1 is 1.33 bits per heavy atom. The monoisotopic (exact) mass is 371 g/mol. The first-order chi connectivity index (χ1) is 9.58. The van der Waals surface area contributed by atoms with Gasteiger partial charge in [-0.15, -0.1) is 0 Å². The summed E-state index contributed by atoms with van der Waals surface area (Å²) in [7, 11) is -4.73. The highest BCUT2D eigenvalue weighted by atomic mass is 32.3. The van der Waals surface area contributed by atoms with Gasteiger partial charge in [0.05, 0.1) is 12.7 Å². The second-order valence-corrected chi connectivity index (χ2v) is 6.29. The molecular formula is C6H13NO11S3. The Kier molecular flexibility index (Phi) is 7.20. The maximum Gasteiger partial charge on any atom is 0.397 e. The quantitative estimate of drug-likeness (QED) is 0.235. The van der Waals surface area contributed by atoms with Gasteiger partial charge in [-0.3, -0.25) is 17.8 Å². The van der Waals surface area contributed by atoms with E-state index in [0.717, 1.165) is 0 Å². The lowest BCUT2D eigenvalue weighted by molar-refractivity contribution is -0.204. The van der Waals surface area contributed by atoms with Crippen LogP contribution in [0.5, 0.6) is 0 Å². The Balaban J connectivity index is 2.75. The summed E-state index contributed by atoms with van der Waals surface area (Å²) >= 11 is -5.31. The molecule has 0 saturated carbocycles. The van der Waals surface area contributed by atoms with Gasteiger partial charge in [-0.05, 0) is 0 Å². The predicted octanol–water partition coefficient (Wildman–Crippen LogP) is -2.47. The number of nitrogens with one attached hydrogen (secondary N) is 1. The van der Waals surface area contributed by atoms with Crippen LogP contribution in [0.25, 0.3) is 0 Å². The fraction of sp³-hybridized carbons (Fsp3) is 1.00. The van der Waals surface area contributed by atoms with E-state index in [2.05, 4.69) is 8.37 Å². The van der Waals surface area contributed by atoms with Crippen LogP contribution in [0.1, 0.15) is 6.42 Å². The first-order valence-corrected chi connectivity index (χ1v) is 8.69. The van der Waals surface area contributed by atoms with Crippen LogP contribution in [0.3, 0.4) is 0 Å². The number of aliphatic hydroxyl groups is 1. The zero-order chi connectivity index (χ0) is 16.2. The Hall–Kier alpha value is -0.0700. The predicted molar refractivity (Wildman–Crippen MR) is 66.3 cm³/mol. The Morgan fingerprint density at radius 3 is 2.43 bits per heavy atom. The molecule has 1 aliphatic heterocycles. The lowest BCUT2D eigenvalue weighted by atomic mass is 10.0. The second-order valence-electron chi connectivity index (χ2n) is 3.84. The van der Waals surface area contributed by atoms with Gasteiger partial charge in [-0.1, -0.05) is 0 Å². The highest BCUT2D eigenvalue weighted by Gasteiger charge is 2.41. The van der Waals surface area contributed by atoms with Crippen LogP contribution in [0, 0.1) is 0 Å². The molecule has 1 heterocycles. The summed E-state index contributed by atoms with van der Waals surface area (Å²) in [6.45, 7) is -0.692. The van der Waals surface area contributed by atoms with Gasteiger partial charge >= 0.3 is 21.8 Å². The smallest absolute Gasteiger partial charge is 0.366 e. The van der Waals surface area contributed by atoms with E-state index in [0.29, 0.717) is 0 Å². The van der Waals surface area contributed by atoms with E-state index in [1.165, 1.54) is 0 Å². The molecule has 0 radical (unpaired) electrons. The standard InChI is InChI=1S/C6H13NO11S3/c8-6-5(7-19(9)10)4(18-20(11)12)1-3(17-6)2-16-21(13,14)15/h3-8H,1-2H2,(H,9,10)(H,11,12)(H,13,14,15)/t3?,4-,5?,6-/m1/s1. The van der Waals surface area contributed by atoms with E-state index < -0.39 is 64.2 Å². The van der Waals surface area contributed by atoms with E-state index in [-0.39, 0.29) is 6.42 Å². The number of hydrogen-bond acceptors (Lipinski definition) is 8. The largest absolute Gasteiger partial charge is 0.397 e. The molecule has 4 unspecified atom stereocenters. The van der Waals surface area contributed by atoms with Crippen LogP contribution in [-0.2, 0) is 46.1 Å². The molecule has 1 saturated heterocycles. The molecule has 126 valence electrons. The van der Waals surface area contributed by atoms with Crippen molar-refractivity contribution in [2.45, 2.75) is 31.0 Å². The SMILES string of the molecule is O=S(O)NC1[C@H](O)OC(COS(=O)(=O)O)C[C@H]1OS(=O)O. The summed E-state index contributed by atoms with van der Waals surface area (Å²) in [4.78, 5) is 0. The zero-order valence-electron chi connectivity index (χ0n) is 10.1. The van der Waals surface area contributed by atoms with Crippen molar-refractivity contribution in [3.8, 4) is 0 Å².